The fourth-order valence-electron chi connectivity index (χ4n) is 3.26. The van der Waals surface area contributed by atoms with Gasteiger partial charge in [0.15, 0.2) is 0 Å². The average Bonchev–Trinajstić information content (AvgIpc) is 2.88. The summed E-state index contributed by atoms with van der Waals surface area (Å²) in [7, 11) is -4.04. The van der Waals surface area contributed by atoms with Gasteiger partial charge in [-0.1, -0.05) is 18.2 Å². The van der Waals surface area contributed by atoms with Crippen LogP contribution >= 0.6 is 0 Å². The summed E-state index contributed by atoms with van der Waals surface area (Å²) in [5.74, 6) is -4.40. The highest BCUT2D eigenvalue weighted by Crippen LogP contribution is 2.32. The standard InChI is InChI=1S/C24H18FN3O5S.C2HF3O2/c25-17-4-8-20(9-5-17)34(31,32)28-18-6-10-21(24(29)30)22(13-18)33-19-7-3-14-11-16(23(26)27)2-1-15(14)12-19;3-2(4,5)1(6)7/h1-13,28H,(H3,26,27)(H,29,30);(H,6,7). The lowest BCUT2D eigenvalue weighted by Gasteiger charge is -2.13. The van der Waals surface area contributed by atoms with E-state index in [-0.39, 0.29) is 27.7 Å². The summed E-state index contributed by atoms with van der Waals surface area (Å²) in [6.45, 7) is 0. The van der Waals surface area contributed by atoms with Gasteiger partial charge in [0.2, 0.25) is 0 Å². The summed E-state index contributed by atoms with van der Waals surface area (Å²) < 4.78 is 78.2. The minimum Gasteiger partial charge on any atom is -0.478 e. The molecule has 4 aromatic rings. The van der Waals surface area contributed by atoms with Crippen LogP contribution in [0, 0.1) is 11.2 Å². The predicted molar refractivity (Wildman–Crippen MR) is 139 cm³/mol. The number of benzene rings is 4. The highest BCUT2D eigenvalue weighted by Gasteiger charge is 2.38. The van der Waals surface area contributed by atoms with Crippen molar-refractivity contribution in [1.29, 1.82) is 5.41 Å². The molecule has 4 rings (SSSR count). The predicted octanol–water partition coefficient (Wildman–Crippen LogP) is 5.19. The number of nitrogens with one attached hydrogen (secondary N) is 2. The fraction of sp³-hybridized carbons (Fsp3) is 0.0385. The van der Waals surface area contributed by atoms with Crippen molar-refractivity contribution in [3.8, 4) is 11.5 Å². The Hall–Kier alpha value is -5.18. The van der Waals surface area contributed by atoms with Gasteiger partial charge in [-0.2, -0.15) is 13.2 Å². The van der Waals surface area contributed by atoms with Gasteiger partial charge >= 0.3 is 18.1 Å². The first-order valence-electron chi connectivity index (χ1n) is 11.1. The number of carbonyl (C=O) groups is 2. The van der Waals surface area contributed by atoms with E-state index in [9.17, 15) is 35.9 Å². The maximum Gasteiger partial charge on any atom is 0.490 e. The normalized spacial score (nSPS) is 11.2. The summed E-state index contributed by atoms with van der Waals surface area (Å²) in [4.78, 5) is 20.4. The summed E-state index contributed by atoms with van der Waals surface area (Å²) in [5, 5.41) is 25.8. The number of hydrogen-bond donors (Lipinski definition) is 5. The molecule has 0 heterocycles. The van der Waals surface area contributed by atoms with E-state index in [1.165, 1.54) is 18.2 Å². The molecule has 214 valence electrons. The summed E-state index contributed by atoms with van der Waals surface area (Å²) >= 11 is 0. The molecule has 0 unspecified atom stereocenters. The minimum absolute atomic E-state index is 0.0618. The SMILES string of the molecule is N=C(N)c1ccc2cc(Oc3cc(NS(=O)(=O)c4ccc(F)cc4)ccc3C(=O)O)ccc2c1.O=C(O)C(F)(F)F. The Kier molecular flexibility index (Phi) is 8.82. The van der Waals surface area contributed by atoms with Gasteiger partial charge in [-0.3, -0.25) is 10.1 Å². The number of ether oxygens (including phenoxy) is 1. The molecule has 0 radical (unpaired) electrons. The first kappa shape index (κ1) is 30.4. The fourth-order valence-corrected chi connectivity index (χ4v) is 4.31. The van der Waals surface area contributed by atoms with Crippen LogP contribution in [-0.4, -0.2) is 42.6 Å². The summed E-state index contributed by atoms with van der Waals surface area (Å²) in [6.07, 6.45) is -5.08. The molecule has 0 spiro atoms. The molecule has 15 heteroatoms. The van der Waals surface area contributed by atoms with Crippen LogP contribution in [-0.2, 0) is 14.8 Å². The van der Waals surface area contributed by atoms with Crippen LogP contribution in [0.25, 0.3) is 10.8 Å². The molecule has 0 aliphatic rings. The Labute approximate surface area is 229 Å². The van der Waals surface area contributed by atoms with Crippen molar-refractivity contribution in [2.24, 2.45) is 5.73 Å². The zero-order valence-electron chi connectivity index (χ0n) is 20.4. The molecule has 0 aliphatic heterocycles. The lowest BCUT2D eigenvalue weighted by Crippen LogP contribution is -2.21. The second-order valence-electron chi connectivity index (χ2n) is 8.12. The number of rotatable bonds is 7. The number of halogens is 4. The van der Waals surface area contributed by atoms with Crippen LogP contribution in [0.4, 0.5) is 23.2 Å². The molecule has 0 amide bonds. The smallest absolute Gasteiger partial charge is 0.478 e. The van der Waals surface area contributed by atoms with Gasteiger partial charge in [0.05, 0.1) is 10.6 Å². The van der Waals surface area contributed by atoms with Crippen LogP contribution in [0.1, 0.15) is 15.9 Å². The number of amidine groups is 1. The molecule has 10 nitrogen and oxygen atoms in total. The van der Waals surface area contributed by atoms with Gasteiger partial charge in [0, 0.05) is 11.6 Å². The van der Waals surface area contributed by atoms with Crippen molar-refractivity contribution in [1.82, 2.24) is 0 Å². The van der Waals surface area contributed by atoms with Gasteiger partial charge in [-0.05, 0) is 65.4 Å². The number of fused-ring (bicyclic) bond motifs is 1. The van der Waals surface area contributed by atoms with Gasteiger partial charge in [-0.25, -0.2) is 22.4 Å². The maximum atomic E-state index is 13.1. The number of carboxylic acid groups (broad SMARTS) is 2. The highest BCUT2D eigenvalue weighted by atomic mass is 32.2. The number of anilines is 1. The van der Waals surface area contributed by atoms with Crippen LogP contribution in [0.5, 0.6) is 11.5 Å². The molecule has 41 heavy (non-hydrogen) atoms. The van der Waals surface area contributed by atoms with E-state index in [1.54, 1.807) is 36.4 Å². The van der Waals surface area contributed by atoms with E-state index in [4.69, 9.17) is 25.8 Å². The Morgan fingerprint density at radius 2 is 1.46 bits per heavy atom. The van der Waals surface area contributed by atoms with Crippen molar-refractivity contribution in [3.05, 3.63) is 95.8 Å². The number of nitrogen functional groups attached to an aromatic ring is 1. The van der Waals surface area contributed by atoms with Gasteiger partial charge in [0.25, 0.3) is 10.0 Å². The number of nitrogens with two attached hydrogens (primary N) is 1. The summed E-state index contributed by atoms with van der Waals surface area (Å²) in [6, 6.07) is 18.3. The molecule has 0 saturated heterocycles. The Balaban J connectivity index is 0.000000587. The molecule has 4 aromatic carbocycles. The molecule has 0 fully saturated rings. The number of aromatic carboxylic acids is 1. The number of sulfonamides is 1. The number of carboxylic acids is 2. The first-order chi connectivity index (χ1) is 19.1. The van der Waals surface area contributed by atoms with Crippen molar-refractivity contribution in [2.75, 3.05) is 4.72 Å². The number of aliphatic carboxylic acids is 1. The minimum atomic E-state index is -5.08. The van der Waals surface area contributed by atoms with E-state index in [2.05, 4.69) is 4.72 Å². The lowest BCUT2D eigenvalue weighted by molar-refractivity contribution is -0.192. The van der Waals surface area contributed by atoms with E-state index < -0.39 is 34.0 Å². The van der Waals surface area contributed by atoms with Crippen molar-refractivity contribution in [2.45, 2.75) is 11.1 Å². The lowest BCUT2D eigenvalue weighted by atomic mass is 10.1. The van der Waals surface area contributed by atoms with Crippen molar-refractivity contribution >= 4 is 44.3 Å². The average molecular weight is 594 g/mol. The highest BCUT2D eigenvalue weighted by molar-refractivity contribution is 7.92. The van der Waals surface area contributed by atoms with Crippen LogP contribution < -0.4 is 15.2 Å². The van der Waals surface area contributed by atoms with E-state index in [0.717, 1.165) is 35.0 Å². The number of hydrogen-bond acceptors (Lipinski definition) is 6. The Morgan fingerprint density at radius 1 is 0.878 bits per heavy atom. The molecule has 0 saturated carbocycles. The third-order valence-corrected chi connectivity index (χ3v) is 6.58. The second-order valence-corrected chi connectivity index (χ2v) is 9.80. The van der Waals surface area contributed by atoms with E-state index >= 15 is 0 Å². The number of alkyl halides is 3. The molecular formula is C26H19F4N3O7S. The monoisotopic (exact) mass is 593 g/mol. The van der Waals surface area contributed by atoms with Gasteiger partial charge < -0.3 is 20.7 Å². The Morgan fingerprint density at radius 3 is 2.02 bits per heavy atom. The molecular weight excluding hydrogens is 574 g/mol. The van der Waals surface area contributed by atoms with Crippen LogP contribution in [0.15, 0.2) is 83.8 Å². The Bertz CT molecular complexity index is 1740. The molecule has 0 aliphatic carbocycles. The van der Waals surface area contributed by atoms with E-state index in [0.29, 0.717) is 11.3 Å². The quantitative estimate of drug-likeness (QED) is 0.110. The zero-order chi connectivity index (χ0) is 30.5. The van der Waals surface area contributed by atoms with E-state index in [1.807, 2.05) is 0 Å². The topological polar surface area (TPSA) is 180 Å². The molecule has 0 aromatic heterocycles. The third-order valence-electron chi connectivity index (χ3n) is 5.18. The largest absolute Gasteiger partial charge is 0.490 e. The zero-order valence-corrected chi connectivity index (χ0v) is 21.3. The van der Waals surface area contributed by atoms with Gasteiger partial charge in [-0.15, -0.1) is 0 Å². The summed E-state index contributed by atoms with van der Waals surface area (Å²) in [5.41, 5.74) is 5.98. The first-order valence-corrected chi connectivity index (χ1v) is 12.6. The van der Waals surface area contributed by atoms with Gasteiger partial charge in [0.1, 0.15) is 28.7 Å². The molecule has 0 atom stereocenters. The third kappa shape index (κ3) is 7.92. The molecule has 6 N–H and O–H groups in total. The second kappa shape index (κ2) is 11.9. The van der Waals surface area contributed by atoms with Crippen LogP contribution in [0.3, 0.4) is 0 Å². The van der Waals surface area contributed by atoms with Crippen LogP contribution in [0.2, 0.25) is 0 Å². The molecule has 0 bridgehead atoms. The maximum absolute atomic E-state index is 13.1. The van der Waals surface area contributed by atoms with Crippen molar-refractivity contribution in [3.63, 3.8) is 0 Å². The van der Waals surface area contributed by atoms with Crippen molar-refractivity contribution < 1.29 is 50.5 Å².